The fourth-order valence-corrected chi connectivity index (χ4v) is 6.02. The molecule has 1 atom stereocenters. The number of fused-ring (bicyclic) bond motifs is 1. The highest BCUT2D eigenvalue weighted by molar-refractivity contribution is 9.10. The summed E-state index contributed by atoms with van der Waals surface area (Å²) >= 11 is 3.30. The predicted molar refractivity (Wildman–Crippen MR) is 101 cm³/mol. The minimum atomic E-state index is -3.85. The second-order valence-corrected chi connectivity index (χ2v) is 10.2. The molecule has 0 saturated heterocycles. The molecule has 0 fully saturated rings. The van der Waals surface area contributed by atoms with Crippen LogP contribution in [0.2, 0.25) is 0 Å². The van der Waals surface area contributed by atoms with Gasteiger partial charge < -0.3 is 4.74 Å². The molecule has 0 aliphatic carbocycles. The van der Waals surface area contributed by atoms with E-state index in [1.165, 1.54) is 41.7 Å². The SMILES string of the molecule is COc1ccc(S(=O)(=O)N2c3ccc(S(N)(=O)=O)cc3CC2C)cc1Br. The van der Waals surface area contributed by atoms with Gasteiger partial charge in [0.1, 0.15) is 5.75 Å². The molecule has 0 spiro atoms. The van der Waals surface area contributed by atoms with Crippen LogP contribution in [-0.2, 0) is 26.5 Å². The minimum absolute atomic E-state index is 0.0325. The van der Waals surface area contributed by atoms with E-state index in [0.29, 0.717) is 27.9 Å². The Bertz CT molecular complexity index is 1080. The van der Waals surface area contributed by atoms with Crippen molar-refractivity contribution in [2.75, 3.05) is 11.4 Å². The molecule has 1 aliphatic rings. The molecule has 0 amide bonds. The van der Waals surface area contributed by atoms with Crippen molar-refractivity contribution >= 4 is 41.7 Å². The van der Waals surface area contributed by atoms with E-state index in [9.17, 15) is 16.8 Å². The Kier molecular flexibility index (Phi) is 4.80. The number of methoxy groups -OCH3 is 1. The van der Waals surface area contributed by atoms with Crippen molar-refractivity contribution in [2.45, 2.75) is 29.2 Å². The van der Waals surface area contributed by atoms with Gasteiger partial charge in [0.15, 0.2) is 0 Å². The maximum absolute atomic E-state index is 13.2. The van der Waals surface area contributed by atoms with E-state index < -0.39 is 20.0 Å². The summed E-state index contributed by atoms with van der Waals surface area (Å²) in [6, 6.07) is 8.41. The molecule has 2 N–H and O–H groups in total. The lowest BCUT2D eigenvalue weighted by atomic mass is 10.1. The van der Waals surface area contributed by atoms with Crippen molar-refractivity contribution < 1.29 is 21.6 Å². The third-order valence-corrected chi connectivity index (χ3v) is 7.67. The molecule has 0 bridgehead atoms. The number of sulfonamides is 2. The van der Waals surface area contributed by atoms with Crippen LogP contribution in [0, 0.1) is 0 Å². The molecule has 10 heteroatoms. The van der Waals surface area contributed by atoms with Gasteiger partial charge in [-0.25, -0.2) is 22.0 Å². The van der Waals surface area contributed by atoms with E-state index in [1.54, 1.807) is 13.0 Å². The molecule has 1 heterocycles. The van der Waals surface area contributed by atoms with Crippen molar-refractivity contribution in [3.8, 4) is 5.75 Å². The van der Waals surface area contributed by atoms with Gasteiger partial charge in [-0.05, 0) is 71.2 Å². The number of nitrogens with zero attached hydrogens (tertiary/aromatic N) is 1. The second-order valence-electron chi connectivity index (χ2n) is 5.99. The highest BCUT2D eigenvalue weighted by Gasteiger charge is 2.36. The Labute approximate surface area is 161 Å². The van der Waals surface area contributed by atoms with Crippen molar-refractivity contribution in [3.05, 3.63) is 46.4 Å². The average Bonchev–Trinajstić information content (AvgIpc) is 2.89. The Morgan fingerprint density at radius 2 is 1.77 bits per heavy atom. The smallest absolute Gasteiger partial charge is 0.264 e. The fourth-order valence-electron chi connectivity index (χ4n) is 3.04. The second kappa shape index (κ2) is 6.52. The fraction of sp³-hybridized carbons (Fsp3) is 0.250. The molecule has 7 nitrogen and oxygen atoms in total. The number of anilines is 1. The average molecular weight is 461 g/mol. The first-order valence-corrected chi connectivity index (χ1v) is 11.4. The Morgan fingerprint density at radius 1 is 1.12 bits per heavy atom. The van der Waals surface area contributed by atoms with Gasteiger partial charge in [0.05, 0.1) is 27.1 Å². The van der Waals surface area contributed by atoms with Gasteiger partial charge in [-0.15, -0.1) is 0 Å². The zero-order valence-corrected chi connectivity index (χ0v) is 17.2. The minimum Gasteiger partial charge on any atom is -0.496 e. The number of primary sulfonamides is 1. The molecule has 1 unspecified atom stereocenters. The quantitative estimate of drug-likeness (QED) is 0.752. The number of hydrogen-bond acceptors (Lipinski definition) is 5. The summed E-state index contributed by atoms with van der Waals surface area (Å²) in [6.45, 7) is 1.77. The van der Waals surface area contributed by atoms with E-state index >= 15 is 0 Å². The van der Waals surface area contributed by atoms with Crippen LogP contribution in [0.4, 0.5) is 5.69 Å². The molecule has 3 rings (SSSR count). The summed E-state index contributed by atoms with van der Waals surface area (Å²) in [5.41, 5.74) is 1.08. The highest BCUT2D eigenvalue weighted by Crippen LogP contribution is 2.39. The predicted octanol–water partition coefficient (Wildman–Crippen LogP) is 2.25. The molecule has 26 heavy (non-hydrogen) atoms. The molecule has 2 aromatic carbocycles. The highest BCUT2D eigenvalue weighted by atomic mass is 79.9. The topological polar surface area (TPSA) is 107 Å². The molecular weight excluding hydrogens is 444 g/mol. The molecular formula is C16H17BrN2O5S2. The van der Waals surface area contributed by atoms with E-state index in [4.69, 9.17) is 9.88 Å². The van der Waals surface area contributed by atoms with Crippen molar-refractivity contribution in [3.63, 3.8) is 0 Å². The van der Waals surface area contributed by atoms with Crippen LogP contribution in [0.3, 0.4) is 0 Å². The van der Waals surface area contributed by atoms with E-state index in [1.807, 2.05) is 0 Å². The molecule has 0 saturated carbocycles. The lowest BCUT2D eigenvalue weighted by Gasteiger charge is -2.24. The Balaban J connectivity index is 2.09. The third-order valence-electron chi connectivity index (χ3n) is 4.21. The number of hydrogen-bond donors (Lipinski definition) is 1. The zero-order valence-electron chi connectivity index (χ0n) is 14.0. The monoisotopic (exact) mass is 460 g/mol. The first-order valence-electron chi connectivity index (χ1n) is 7.59. The van der Waals surface area contributed by atoms with Crippen molar-refractivity contribution in [1.82, 2.24) is 0 Å². The molecule has 0 aromatic heterocycles. The van der Waals surface area contributed by atoms with Crippen LogP contribution < -0.4 is 14.2 Å². The lowest BCUT2D eigenvalue weighted by molar-refractivity contribution is 0.411. The largest absolute Gasteiger partial charge is 0.496 e. The summed E-state index contributed by atoms with van der Waals surface area (Å²) in [7, 11) is -6.18. The Hall–Kier alpha value is -1.62. The first-order chi connectivity index (χ1) is 12.1. The van der Waals surface area contributed by atoms with Gasteiger partial charge in [-0.3, -0.25) is 4.31 Å². The zero-order chi connectivity index (χ0) is 19.3. The standard InChI is InChI=1S/C16H17BrN2O5S2/c1-10-7-11-8-12(25(18,20)21)3-5-15(11)19(10)26(22,23)13-4-6-16(24-2)14(17)9-13/h3-6,8-10H,7H2,1-2H3,(H2,18,20,21). The summed E-state index contributed by atoms with van der Waals surface area (Å²) < 4.78 is 56.4. The van der Waals surface area contributed by atoms with Gasteiger partial charge in [0.2, 0.25) is 10.0 Å². The van der Waals surface area contributed by atoms with Crippen LogP contribution in [0.1, 0.15) is 12.5 Å². The molecule has 140 valence electrons. The Morgan fingerprint density at radius 3 is 2.35 bits per heavy atom. The summed E-state index contributed by atoms with van der Waals surface area (Å²) in [4.78, 5) is 0.0790. The van der Waals surface area contributed by atoms with Crippen LogP contribution in [0.15, 0.2) is 50.7 Å². The lowest BCUT2D eigenvalue weighted by Crippen LogP contribution is -2.35. The van der Waals surface area contributed by atoms with Crippen LogP contribution in [0.5, 0.6) is 5.75 Å². The van der Waals surface area contributed by atoms with Gasteiger partial charge >= 0.3 is 0 Å². The van der Waals surface area contributed by atoms with Crippen LogP contribution in [0.25, 0.3) is 0 Å². The molecule has 1 aliphatic heterocycles. The number of rotatable bonds is 4. The first kappa shape index (κ1) is 19.2. The normalized spacial score (nSPS) is 17.2. The van der Waals surface area contributed by atoms with Gasteiger partial charge in [-0.1, -0.05) is 0 Å². The van der Waals surface area contributed by atoms with E-state index in [-0.39, 0.29) is 15.8 Å². The van der Waals surface area contributed by atoms with Crippen molar-refractivity contribution in [2.24, 2.45) is 5.14 Å². The molecule has 0 radical (unpaired) electrons. The van der Waals surface area contributed by atoms with E-state index in [0.717, 1.165) is 0 Å². The number of ether oxygens (including phenoxy) is 1. The summed E-state index contributed by atoms with van der Waals surface area (Å²) in [5, 5.41) is 5.16. The summed E-state index contributed by atoms with van der Waals surface area (Å²) in [6.07, 6.45) is 0.398. The van der Waals surface area contributed by atoms with Gasteiger partial charge in [0.25, 0.3) is 10.0 Å². The van der Waals surface area contributed by atoms with Crippen molar-refractivity contribution in [1.29, 1.82) is 0 Å². The maximum atomic E-state index is 13.2. The molecule has 2 aromatic rings. The number of benzene rings is 2. The van der Waals surface area contributed by atoms with E-state index in [2.05, 4.69) is 15.9 Å². The number of halogens is 1. The maximum Gasteiger partial charge on any atom is 0.264 e. The summed E-state index contributed by atoms with van der Waals surface area (Å²) in [5.74, 6) is 0.525. The number of nitrogens with two attached hydrogens (primary N) is 1. The van der Waals surface area contributed by atoms with Crippen LogP contribution in [-0.4, -0.2) is 30.0 Å². The third kappa shape index (κ3) is 3.22. The van der Waals surface area contributed by atoms with Gasteiger partial charge in [-0.2, -0.15) is 0 Å². The van der Waals surface area contributed by atoms with Gasteiger partial charge in [0, 0.05) is 6.04 Å². The van der Waals surface area contributed by atoms with Crippen LogP contribution >= 0.6 is 15.9 Å².